The molecule has 0 unspecified atom stereocenters. The Morgan fingerprint density at radius 2 is 2.19 bits per heavy atom. The predicted molar refractivity (Wildman–Crippen MR) is 106 cm³/mol. The number of allylic oxidation sites excluding steroid dienone is 3. The SMILES string of the molecule is CC(C)N[C@@H](C)N=C(N=C(N)Nc1ccnc(C#N)c1)C1=C(F)C=CCC1. The molecule has 1 atom stereocenters. The van der Waals surface area contributed by atoms with Crippen LogP contribution >= 0.6 is 0 Å². The van der Waals surface area contributed by atoms with E-state index in [0.29, 0.717) is 24.1 Å². The number of nitrogens with one attached hydrogen (secondary N) is 2. The van der Waals surface area contributed by atoms with Crippen LogP contribution in [0.5, 0.6) is 0 Å². The fourth-order valence-electron chi connectivity index (χ4n) is 2.59. The molecule has 0 saturated heterocycles. The molecule has 7 nitrogen and oxygen atoms in total. The number of nitrogens with two attached hydrogens (primary N) is 1. The van der Waals surface area contributed by atoms with E-state index in [1.807, 2.05) is 26.8 Å². The van der Waals surface area contributed by atoms with Gasteiger partial charge in [0.2, 0.25) is 0 Å². The minimum Gasteiger partial charge on any atom is -0.369 e. The van der Waals surface area contributed by atoms with Crippen LogP contribution in [0.1, 0.15) is 39.3 Å². The van der Waals surface area contributed by atoms with E-state index in [9.17, 15) is 4.39 Å². The standard InChI is InChI=1S/C19H24FN7/c1-12(2)24-13(3)25-18(16-6-4-5-7-17(16)20)27-19(22)26-14-8-9-23-15(10-14)11-21/h5,7-10,12-13,24H,4,6H2,1-3H3,(H3,22,23,25,26,27)/t13-/m1/s1. The lowest BCUT2D eigenvalue weighted by atomic mass is 10.0. The maximum atomic E-state index is 14.3. The largest absolute Gasteiger partial charge is 0.369 e. The third-order valence-corrected chi connectivity index (χ3v) is 3.65. The Bertz CT molecular complexity index is 831. The van der Waals surface area contributed by atoms with Gasteiger partial charge in [-0.2, -0.15) is 10.3 Å². The minimum atomic E-state index is -0.357. The van der Waals surface area contributed by atoms with Gasteiger partial charge in [0.15, 0.2) is 11.8 Å². The number of nitriles is 1. The van der Waals surface area contributed by atoms with Crippen LogP contribution in [0.25, 0.3) is 0 Å². The number of pyridine rings is 1. The number of guanidine groups is 1. The predicted octanol–water partition coefficient (Wildman–Crippen LogP) is 3.00. The fourth-order valence-corrected chi connectivity index (χ4v) is 2.59. The molecule has 4 N–H and O–H groups in total. The molecule has 0 spiro atoms. The Balaban J connectivity index is 2.32. The molecule has 0 aromatic carbocycles. The van der Waals surface area contributed by atoms with Gasteiger partial charge in [-0.15, -0.1) is 0 Å². The van der Waals surface area contributed by atoms with Gasteiger partial charge < -0.3 is 11.1 Å². The zero-order valence-electron chi connectivity index (χ0n) is 15.7. The number of nitrogens with zero attached hydrogens (tertiary/aromatic N) is 4. The molecule has 1 aliphatic carbocycles. The van der Waals surface area contributed by atoms with Crippen molar-refractivity contribution in [1.29, 1.82) is 5.26 Å². The number of halogens is 1. The van der Waals surface area contributed by atoms with Crippen molar-refractivity contribution in [3.8, 4) is 6.07 Å². The van der Waals surface area contributed by atoms with Crippen LogP contribution < -0.4 is 16.4 Å². The van der Waals surface area contributed by atoms with Crippen LogP contribution in [0, 0.1) is 11.3 Å². The first-order valence-electron chi connectivity index (χ1n) is 8.75. The van der Waals surface area contributed by atoms with Crippen LogP contribution in [0.2, 0.25) is 0 Å². The summed E-state index contributed by atoms with van der Waals surface area (Å²) in [6, 6.07) is 5.38. The fraction of sp³-hybridized carbons (Fsp3) is 0.368. The summed E-state index contributed by atoms with van der Waals surface area (Å²) >= 11 is 0. The van der Waals surface area contributed by atoms with Gasteiger partial charge >= 0.3 is 0 Å². The lowest BCUT2D eigenvalue weighted by Crippen LogP contribution is -2.32. The van der Waals surface area contributed by atoms with Crippen molar-refractivity contribution in [2.45, 2.75) is 45.8 Å². The van der Waals surface area contributed by atoms with Crippen molar-refractivity contribution in [3.05, 3.63) is 47.6 Å². The van der Waals surface area contributed by atoms with E-state index >= 15 is 0 Å². The molecule has 1 aliphatic rings. The van der Waals surface area contributed by atoms with E-state index in [-0.39, 0.29) is 35.5 Å². The summed E-state index contributed by atoms with van der Waals surface area (Å²) < 4.78 is 14.3. The second kappa shape index (κ2) is 9.59. The Morgan fingerprint density at radius 1 is 1.41 bits per heavy atom. The van der Waals surface area contributed by atoms with E-state index in [2.05, 4.69) is 25.6 Å². The van der Waals surface area contributed by atoms with E-state index in [1.165, 1.54) is 12.3 Å². The quantitative estimate of drug-likeness (QED) is 0.546. The molecule has 0 radical (unpaired) electrons. The van der Waals surface area contributed by atoms with E-state index in [0.717, 1.165) is 0 Å². The first kappa shape index (κ1) is 20.3. The molecule has 142 valence electrons. The number of hydrogen-bond donors (Lipinski definition) is 3. The molecule has 0 bridgehead atoms. The van der Waals surface area contributed by atoms with Gasteiger partial charge in [-0.05, 0) is 51.8 Å². The highest BCUT2D eigenvalue weighted by molar-refractivity contribution is 6.09. The average molecular weight is 369 g/mol. The molecule has 1 aromatic rings. The summed E-state index contributed by atoms with van der Waals surface area (Å²) in [5.41, 5.74) is 7.24. The van der Waals surface area contributed by atoms with Crippen molar-refractivity contribution < 1.29 is 4.39 Å². The molecule has 0 saturated carbocycles. The van der Waals surface area contributed by atoms with Gasteiger partial charge in [-0.1, -0.05) is 6.08 Å². The summed E-state index contributed by atoms with van der Waals surface area (Å²) in [6.07, 6.45) is 5.65. The van der Waals surface area contributed by atoms with Crippen LogP contribution in [0.15, 0.2) is 51.9 Å². The summed E-state index contributed by atoms with van der Waals surface area (Å²) in [7, 11) is 0. The van der Waals surface area contributed by atoms with Crippen molar-refractivity contribution in [2.75, 3.05) is 5.32 Å². The zero-order valence-corrected chi connectivity index (χ0v) is 15.7. The van der Waals surface area contributed by atoms with Crippen molar-refractivity contribution >= 4 is 17.5 Å². The topological polar surface area (TPSA) is 111 Å². The van der Waals surface area contributed by atoms with Gasteiger partial charge in [0.25, 0.3) is 0 Å². The monoisotopic (exact) mass is 369 g/mol. The molecule has 27 heavy (non-hydrogen) atoms. The summed E-state index contributed by atoms with van der Waals surface area (Å²) in [4.78, 5) is 12.7. The number of rotatable bonds is 5. The van der Waals surface area contributed by atoms with Crippen LogP contribution in [-0.4, -0.2) is 29.0 Å². The molecule has 0 aliphatic heterocycles. The van der Waals surface area contributed by atoms with Crippen LogP contribution in [0.4, 0.5) is 10.1 Å². The summed E-state index contributed by atoms with van der Waals surface area (Å²) in [5, 5.41) is 15.1. The Labute approximate surface area is 158 Å². The van der Waals surface area contributed by atoms with Crippen LogP contribution in [0.3, 0.4) is 0 Å². The smallest absolute Gasteiger partial charge is 0.199 e. The Morgan fingerprint density at radius 3 is 2.85 bits per heavy atom. The highest BCUT2D eigenvalue weighted by Gasteiger charge is 2.16. The molecule has 1 aromatic heterocycles. The van der Waals surface area contributed by atoms with E-state index in [1.54, 1.807) is 18.2 Å². The van der Waals surface area contributed by atoms with Gasteiger partial charge in [0.05, 0.1) is 6.17 Å². The molecule has 0 fully saturated rings. The Hall–Kier alpha value is -3.05. The zero-order chi connectivity index (χ0) is 19.8. The highest BCUT2D eigenvalue weighted by atomic mass is 19.1. The minimum absolute atomic E-state index is 0.0513. The van der Waals surface area contributed by atoms with E-state index < -0.39 is 0 Å². The van der Waals surface area contributed by atoms with Gasteiger partial charge in [-0.25, -0.2) is 14.4 Å². The van der Waals surface area contributed by atoms with Crippen molar-refractivity contribution in [1.82, 2.24) is 10.3 Å². The van der Waals surface area contributed by atoms with Gasteiger partial charge in [0, 0.05) is 23.5 Å². The first-order chi connectivity index (χ1) is 12.9. The third-order valence-electron chi connectivity index (χ3n) is 3.65. The number of amidine groups is 1. The number of hydrogen-bond acceptors (Lipinski definition) is 4. The highest BCUT2D eigenvalue weighted by Crippen LogP contribution is 2.22. The normalized spacial score (nSPS) is 16.4. The van der Waals surface area contributed by atoms with Gasteiger partial charge in [-0.3, -0.25) is 5.32 Å². The van der Waals surface area contributed by atoms with Crippen molar-refractivity contribution in [2.24, 2.45) is 15.7 Å². The molecular weight excluding hydrogens is 345 g/mol. The summed E-state index contributed by atoms with van der Waals surface area (Å²) in [6.45, 7) is 5.88. The van der Waals surface area contributed by atoms with Gasteiger partial charge in [0.1, 0.15) is 17.6 Å². The molecule has 8 heteroatoms. The van der Waals surface area contributed by atoms with E-state index in [4.69, 9.17) is 11.0 Å². The number of aliphatic imine (C=N–C) groups is 2. The van der Waals surface area contributed by atoms with Crippen molar-refractivity contribution in [3.63, 3.8) is 0 Å². The first-order valence-corrected chi connectivity index (χ1v) is 8.75. The molecule has 2 rings (SSSR count). The number of aromatic nitrogens is 1. The Kier molecular flexibility index (Phi) is 7.20. The lowest BCUT2D eigenvalue weighted by Gasteiger charge is -2.17. The molecule has 0 amide bonds. The third kappa shape index (κ3) is 6.31. The lowest BCUT2D eigenvalue weighted by molar-refractivity contribution is 0.504. The maximum Gasteiger partial charge on any atom is 0.199 e. The summed E-state index contributed by atoms with van der Waals surface area (Å²) in [5.74, 6) is -0.0588. The molecule has 1 heterocycles. The maximum absolute atomic E-state index is 14.3. The van der Waals surface area contributed by atoms with Crippen LogP contribution in [-0.2, 0) is 0 Å². The second-order valence-electron chi connectivity index (χ2n) is 6.38. The second-order valence-corrected chi connectivity index (χ2v) is 6.38. The molecular formula is C19H24FN7. The average Bonchev–Trinajstić information content (AvgIpc) is 2.61. The number of anilines is 1.